The van der Waals surface area contributed by atoms with E-state index in [1.54, 1.807) is 0 Å². The molecule has 1 rings (SSSR count). The van der Waals surface area contributed by atoms with Crippen LogP contribution in [0.4, 0.5) is 0 Å². The Hall–Kier alpha value is -0.340. The van der Waals surface area contributed by atoms with Crippen molar-refractivity contribution in [3.05, 3.63) is 12.2 Å². The van der Waals surface area contributed by atoms with Crippen molar-refractivity contribution >= 4 is 0 Å². The summed E-state index contributed by atoms with van der Waals surface area (Å²) in [4.78, 5) is 2.48. The monoisotopic (exact) mass is 168 g/mol. The minimum atomic E-state index is 0.524. The average molecular weight is 168 g/mol. The number of rotatable bonds is 3. The van der Waals surface area contributed by atoms with E-state index in [-0.39, 0.29) is 0 Å². The van der Waals surface area contributed by atoms with Gasteiger partial charge in [-0.15, -0.1) is 0 Å². The summed E-state index contributed by atoms with van der Waals surface area (Å²) in [6.07, 6.45) is 5.52. The summed E-state index contributed by atoms with van der Waals surface area (Å²) in [5, 5.41) is 0. The van der Waals surface area contributed by atoms with Crippen LogP contribution < -0.4 is 5.73 Å². The molecule has 1 saturated heterocycles. The number of hydrogen-bond acceptors (Lipinski definition) is 2. The van der Waals surface area contributed by atoms with E-state index in [0.29, 0.717) is 12.0 Å². The van der Waals surface area contributed by atoms with Gasteiger partial charge in [0, 0.05) is 19.6 Å². The molecular formula is C10H20N2. The maximum absolute atomic E-state index is 5.36. The fourth-order valence-corrected chi connectivity index (χ4v) is 1.70. The molecule has 0 saturated carbocycles. The molecule has 1 heterocycles. The van der Waals surface area contributed by atoms with Crippen molar-refractivity contribution in [2.24, 2.45) is 11.1 Å². The topological polar surface area (TPSA) is 29.3 Å². The summed E-state index contributed by atoms with van der Waals surface area (Å²) in [5.74, 6) is 0. The van der Waals surface area contributed by atoms with Gasteiger partial charge in [0.05, 0.1) is 0 Å². The molecule has 0 aliphatic carbocycles. The second kappa shape index (κ2) is 4.06. The largest absolute Gasteiger partial charge is 0.327 e. The van der Waals surface area contributed by atoms with Crippen LogP contribution in [0.2, 0.25) is 0 Å². The van der Waals surface area contributed by atoms with Crippen LogP contribution in [0.15, 0.2) is 12.2 Å². The summed E-state index contributed by atoms with van der Waals surface area (Å²) >= 11 is 0. The zero-order valence-electron chi connectivity index (χ0n) is 8.21. The molecule has 0 bridgehead atoms. The van der Waals surface area contributed by atoms with Gasteiger partial charge < -0.3 is 5.73 Å². The van der Waals surface area contributed by atoms with Crippen LogP contribution >= 0.6 is 0 Å². The standard InChI is InChI=1S/C10H20N2/c1-10(2)5-8-12(9-10)7-4-3-6-11/h3-4H,5-9,11H2,1-2H3. The molecule has 12 heavy (non-hydrogen) atoms. The molecule has 2 N–H and O–H groups in total. The van der Waals surface area contributed by atoms with Crippen LogP contribution in [-0.4, -0.2) is 31.1 Å². The zero-order chi connectivity index (χ0) is 9.03. The smallest absolute Gasteiger partial charge is 0.0163 e. The molecule has 0 radical (unpaired) electrons. The molecule has 0 spiro atoms. The zero-order valence-corrected chi connectivity index (χ0v) is 8.21. The lowest BCUT2D eigenvalue weighted by molar-refractivity contribution is 0.314. The van der Waals surface area contributed by atoms with E-state index in [1.807, 2.05) is 6.08 Å². The third-order valence-electron chi connectivity index (χ3n) is 2.42. The van der Waals surface area contributed by atoms with Crippen LogP contribution in [0.25, 0.3) is 0 Å². The molecule has 1 aliphatic heterocycles. The Labute approximate surface area is 75.4 Å². The van der Waals surface area contributed by atoms with E-state index in [4.69, 9.17) is 5.73 Å². The van der Waals surface area contributed by atoms with Gasteiger partial charge in [0.1, 0.15) is 0 Å². The fourth-order valence-electron chi connectivity index (χ4n) is 1.70. The van der Waals surface area contributed by atoms with Gasteiger partial charge in [-0.1, -0.05) is 26.0 Å². The van der Waals surface area contributed by atoms with E-state index in [2.05, 4.69) is 24.8 Å². The van der Waals surface area contributed by atoms with E-state index in [9.17, 15) is 0 Å². The Morgan fingerprint density at radius 3 is 2.67 bits per heavy atom. The minimum absolute atomic E-state index is 0.524. The molecular weight excluding hydrogens is 148 g/mol. The highest BCUT2D eigenvalue weighted by atomic mass is 15.1. The summed E-state index contributed by atoms with van der Waals surface area (Å²) in [6, 6.07) is 0. The van der Waals surface area contributed by atoms with Crippen molar-refractivity contribution in [2.45, 2.75) is 20.3 Å². The molecule has 0 aromatic heterocycles. The normalized spacial score (nSPS) is 23.9. The second-order valence-electron chi connectivity index (χ2n) is 4.36. The number of nitrogens with zero attached hydrogens (tertiary/aromatic N) is 1. The molecule has 2 nitrogen and oxygen atoms in total. The lowest BCUT2D eigenvalue weighted by atomic mass is 9.93. The van der Waals surface area contributed by atoms with Gasteiger partial charge in [-0.2, -0.15) is 0 Å². The Morgan fingerprint density at radius 1 is 1.42 bits per heavy atom. The molecule has 0 amide bonds. The summed E-state index contributed by atoms with van der Waals surface area (Å²) < 4.78 is 0. The fraction of sp³-hybridized carbons (Fsp3) is 0.800. The summed E-state index contributed by atoms with van der Waals surface area (Å²) in [5.41, 5.74) is 5.89. The number of likely N-dealkylation sites (tertiary alicyclic amines) is 1. The Kier molecular flexibility index (Phi) is 3.29. The molecule has 0 aromatic carbocycles. The molecule has 0 unspecified atom stereocenters. The summed E-state index contributed by atoms with van der Waals surface area (Å²) in [6.45, 7) is 8.86. The van der Waals surface area contributed by atoms with Crippen molar-refractivity contribution in [3.8, 4) is 0 Å². The molecule has 1 fully saturated rings. The highest BCUT2D eigenvalue weighted by molar-refractivity contribution is 4.90. The molecule has 0 aromatic rings. The predicted molar refractivity (Wildman–Crippen MR) is 53.0 cm³/mol. The quantitative estimate of drug-likeness (QED) is 0.642. The molecule has 70 valence electrons. The lowest BCUT2D eigenvalue weighted by Crippen LogP contribution is -2.23. The van der Waals surface area contributed by atoms with E-state index < -0.39 is 0 Å². The van der Waals surface area contributed by atoms with Crippen LogP contribution in [0.3, 0.4) is 0 Å². The van der Waals surface area contributed by atoms with Gasteiger partial charge in [0.25, 0.3) is 0 Å². The minimum Gasteiger partial charge on any atom is -0.327 e. The highest BCUT2D eigenvalue weighted by Gasteiger charge is 2.27. The van der Waals surface area contributed by atoms with E-state index in [1.165, 1.54) is 19.5 Å². The Morgan fingerprint density at radius 2 is 2.17 bits per heavy atom. The van der Waals surface area contributed by atoms with Crippen molar-refractivity contribution in [1.29, 1.82) is 0 Å². The number of hydrogen-bond donors (Lipinski definition) is 1. The average Bonchev–Trinajstić information content (AvgIpc) is 2.31. The van der Waals surface area contributed by atoms with Crippen molar-refractivity contribution in [1.82, 2.24) is 4.90 Å². The van der Waals surface area contributed by atoms with Crippen LogP contribution in [0.1, 0.15) is 20.3 Å². The van der Waals surface area contributed by atoms with Crippen LogP contribution in [0.5, 0.6) is 0 Å². The highest BCUT2D eigenvalue weighted by Crippen LogP contribution is 2.28. The molecule has 1 aliphatic rings. The van der Waals surface area contributed by atoms with Crippen molar-refractivity contribution in [3.63, 3.8) is 0 Å². The Balaban J connectivity index is 2.24. The first-order valence-corrected chi connectivity index (χ1v) is 4.71. The Bertz CT molecular complexity index is 161. The van der Waals surface area contributed by atoms with Gasteiger partial charge in [0.2, 0.25) is 0 Å². The number of nitrogens with two attached hydrogens (primary N) is 1. The summed E-state index contributed by atoms with van der Waals surface area (Å²) in [7, 11) is 0. The van der Waals surface area contributed by atoms with Crippen molar-refractivity contribution < 1.29 is 0 Å². The van der Waals surface area contributed by atoms with Gasteiger partial charge >= 0.3 is 0 Å². The first kappa shape index (κ1) is 9.75. The van der Waals surface area contributed by atoms with E-state index >= 15 is 0 Å². The van der Waals surface area contributed by atoms with Crippen molar-refractivity contribution in [2.75, 3.05) is 26.2 Å². The lowest BCUT2D eigenvalue weighted by Gasteiger charge is -2.17. The molecule has 2 heteroatoms. The van der Waals surface area contributed by atoms with Crippen LogP contribution in [-0.2, 0) is 0 Å². The maximum Gasteiger partial charge on any atom is 0.0163 e. The SMILES string of the molecule is CC1(C)CCN(CC=CCN)C1. The van der Waals surface area contributed by atoms with Gasteiger partial charge in [0.15, 0.2) is 0 Å². The van der Waals surface area contributed by atoms with E-state index in [0.717, 1.165) is 6.54 Å². The van der Waals surface area contributed by atoms with Crippen LogP contribution in [0, 0.1) is 5.41 Å². The second-order valence-corrected chi connectivity index (χ2v) is 4.36. The maximum atomic E-state index is 5.36. The van der Waals surface area contributed by atoms with Gasteiger partial charge in [-0.05, 0) is 18.4 Å². The predicted octanol–water partition coefficient (Wildman–Crippen LogP) is 1.23. The third kappa shape index (κ3) is 2.95. The van der Waals surface area contributed by atoms with Gasteiger partial charge in [-0.3, -0.25) is 4.90 Å². The third-order valence-corrected chi connectivity index (χ3v) is 2.42. The van der Waals surface area contributed by atoms with Gasteiger partial charge in [-0.25, -0.2) is 0 Å². The molecule has 0 atom stereocenters. The first-order valence-electron chi connectivity index (χ1n) is 4.71. The first-order chi connectivity index (χ1) is 5.64.